The van der Waals surface area contributed by atoms with E-state index < -0.39 is 6.04 Å². The van der Waals surface area contributed by atoms with Crippen molar-refractivity contribution < 1.29 is 14.3 Å². The number of nitrogens with zero attached hydrogens (tertiary/aromatic N) is 1. The van der Waals surface area contributed by atoms with Gasteiger partial charge in [0, 0.05) is 25.2 Å². The molecule has 3 N–H and O–H groups in total. The van der Waals surface area contributed by atoms with E-state index in [1.54, 1.807) is 29.2 Å². The Labute approximate surface area is 130 Å². The molecular weight excluding hydrogens is 282 g/mol. The Kier molecular flexibility index (Phi) is 5.77. The lowest BCUT2D eigenvalue weighted by molar-refractivity contribution is -0.135. The average molecular weight is 305 g/mol. The summed E-state index contributed by atoms with van der Waals surface area (Å²) in [5, 5.41) is 2.86. The fourth-order valence-corrected chi connectivity index (χ4v) is 2.58. The highest BCUT2D eigenvalue weighted by Crippen LogP contribution is 2.19. The molecular formula is C16H23N3O3. The first-order chi connectivity index (χ1) is 10.7. The Morgan fingerprint density at radius 3 is 2.68 bits per heavy atom. The fraction of sp³-hybridized carbons (Fsp3) is 0.500. The van der Waals surface area contributed by atoms with Crippen LogP contribution in [0.4, 0.5) is 5.69 Å². The van der Waals surface area contributed by atoms with Crippen LogP contribution < -0.4 is 15.8 Å². The maximum absolute atomic E-state index is 12.4. The van der Waals surface area contributed by atoms with Gasteiger partial charge in [0.05, 0.1) is 0 Å². The molecule has 6 heteroatoms. The van der Waals surface area contributed by atoms with Gasteiger partial charge < -0.3 is 20.7 Å². The molecule has 6 nitrogen and oxygen atoms in total. The highest BCUT2D eigenvalue weighted by molar-refractivity contribution is 5.97. The van der Waals surface area contributed by atoms with Crippen LogP contribution in [0.25, 0.3) is 0 Å². The lowest BCUT2D eigenvalue weighted by atomic mass is 10.1. The number of hydrogen-bond donors (Lipinski definition) is 2. The normalized spacial score (nSPS) is 15.7. The van der Waals surface area contributed by atoms with Crippen molar-refractivity contribution in [3.63, 3.8) is 0 Å². The van der Waals surface area contributed by atoms with Crippen molar-refractivity contribution in [3.05, 3.63) is 24.3 Å². The maximum Gasteiger partial charge on any atom is 0.247 e. The number of ether oxygens (including phenoxy) is 1. The predicted molar refractivity (Wildman–Crippen MR) is 84.6 cm³/mol. The molecule has 1 saturated heterocycles. The number of nitrogens with two attached hydrogens (primary N) is 1. The summed E-state index contributed by atoms with van der Waals surface area (Å²) in [6.07, 6.45) is 1.97. The molecule has 2 amide bonds. The van der Waals surface area contributed by atoms with Gasteiger partial charge in [0.15, 0.2) is 0 Å². The molecule has 0 saturated carbocycles. The second kappa shape index (κ2) is 7.79. The van der Waals surface area contributed by atoms with Gasteiger partial charge in [-0.1, -0.05) is 6.92 Å². The number of benzene rings is 1. The Hall–Kier alpha value is -2.08. The van der Waals surface area contributed by atoms with Crippen LogP contribution in [0.5, 0.6) is 5.75 Å². The summed E-state index contributed by atoms with van der Waals surface area (Å²) < 4.78 is 5.39. The van der Waals surface area contributed by atoms with E-state index in [9.17, 15) is 9.59 Å². The van der Waals surface area contributed by atoms with Crippen molar-refractivity contribution in [2.75, 3.05) is 25.0 Å². The molecule has 1 aromatic carbocycles. The SMILES string of the molecule is CCC(C(=O)Nc1ccc(OCCN)cc1)N1CCCC1=O. The lowest BCUT2D eigenvalue weighted by Gasteiger charge is -2.25. The van der Waals surface area contributed by atoms with Crippen LogP contribution in [-0.4, -0.2) is 42.5 Å². The quantitative estimate of drug-likeness (QED) is 0.796. The molecule has 22 heavy (non-hydrogen) atoms. The van der Waals surface area contributed by atoms with Gasteiger partial charge in [-0.15, -0.1) is 0 Å². The number of rotatable bonds is 7. The highest BCUT2D eigenvalue weighted by atomic mass is 16.5. The summed E-state index contributed by atoms with van der Waals surface area (Å²) in [5.41, 5.74) is 6.07. The third kappa shape index (κ3) is 3.98. The van der Waals surface area contributed by atoms with E-state index in [4.69, 9.17) is 10.5 Å². The van der Waals surface area contributed by atoms with Gasteiger partial charge in [-0.05, 0) is 37.1 Å². The second-order valence-corrected chi connectivity index (χ2v) is 5.27. The summed E-state index contributed by atoms with van der Waals surface area (Å²) in [6.45, 7) is 3.50. The van der Waals surface area contributed by atoms with Gasteiger partial charge >= 0.3 is 0 Å². The smallest absolute Gasteiger partial charge is 0.247 e. The zero-order valence-corrected chi connectivity index (χ0v) is 12.9. The second-order valence-electron chi connectivity index (χ2n) is 5.27. The molecule has 0 aromatic heterocycles. The van der Waals surface area contributed by atoms with Crippen LogP contribution in [0.15, 0.2) is 24.3 Å². The third-order valence-corrected chi connectivity index (χ3v) is 3.68. The van der Waals surface area contributed by atoms with E-state index in [0.717, 1.165) is 6.42 Å². The van der Waals surface area contributed by atoms with Crippen molar-refractivity contribution in [2.24, 2.45) is 5.73 Å². The zero-order valence-electron chi connectivity index (χ0n) is 12.9. The zero-order chi connectivity index (χ0) is 15.9. The number of hydrogen-bond acceptors (Lipinski definition) is 4. The van der Waals surface area contributed by atoms with Crippen molar-refractivity contribution in [2.45, 2.75) is 32.2 Å². The van der Waals surface area contributed by atoms with Crippen LogP contribution >= 0.6 is 0 Å². The van der Waals surface area contributed by atoms with E-state index in [1.807, 2.05) is 6.92 Å². The summed E-state index contributed by atoms with van der Waals surface area (Å²) in [5.74, 6) is 0.631. The molecule has 1 heterocycles. The first-order valence-electron chi connectivity index (χ1n) is 7.69. The topological polar surface area (TPSA) is 84.7 Å². The van der Waals surface area contributed by atoms with E-state index in [1.165, 1.54) is 0 Å². The summed E-state index contributed by atoms with van der Waals surface area (Å²) >= 11 is 0. The molecule has 120 valence electrons. The van der Waals surface area contributed by atoms with Gasteiger partial charge in [0.1, 0.15) is 18.4 Å². The maximum atomic E-state index is 12.4. The van der Waals surface area contributed by atoms with E-state index in [0.29, 0.717) is 44.0 Å². The number of amides is 2. The lowest BCUT2D eigenvalue weighted by Crippen LogP contribution is -2.44. The van der Waals surface area contributed by atoms with Crippen LogP contribution in [0, 0.1) is 0 Å². The number of carbonyl (C=O) groups excluding carboxylic acids is 2. The Morgan fingerprint density at radius 1 is 1.41 bits per heavy atom. The summed E-state index contributed by atoms with van der Waals surface area (Å²) in [6, 6.07) is 6.73. The Morgan fingerprint density at radius 2 is 2.14 bits per heavy atom. The van der Waals surface area contributed by atoms with E-state index in [-0.39, 0.29) is 11.8 Å². The summed E-state index contributed by atoms with van der Waals surface area (Å²) in [4.78, 5) is 25.9. The largest absolute Gasteiger partial charge is 0.492 e. The van der Waals surface area contributed by atoms with E-state index >= 15 is 0 Å². The number of anilines is 1. The molecule has 1 aliphatic rings. The Balaban J connectivity index is 1.96. The highest BCUT2D eigenvalue weighted by Gasteiger charge is 2.31. The molecule has 2 rings (SSSR count). The standard InChI is InChI=1S/C16H23N3O3/c1-2-14(19-10-3-4-15(19)20)16(21)18-12-5-7-13(8-6-12)22-11-9-17/h5-8,14H,2-4,9-11,17H2,1H3,(H,18,21). The minimum absolute atomic E-state index is 0.0625. The number of carbonyl (C=O) groups is 2. The minimum Gasteiger partial charge on any atom is -0.492 e. The fourth-order valence-electron chi connectivity index (χ4n) is 2.58. The first kappa shape index (κ1) is 16.3. The van der Waals surface area contributed by atoms with Gasteiger partial charge in [-0.3, -0.25) is 9.59 Å². The molecule has 1 unspecified atom stereocenters. The van der Waals surface area contributed by atoms with E-state index in [2.05, 4.69) is 5.32 Å². The minimum atomic E-state index is -0.400. The monoisotopic (exact) mass is 305 g/mol. The van der Waals surface area contributed by atoms with Crippen LogP contribution in [0.1, 0.15) is 26.2 Å². The molecule has 0 bridgehead atoms. The average Bonchev–Trinajstić information content (AvgIpc) is 2.93. The van der Waals surface area contributed by atoms with Gasteiger partial charge in [-0.2, -0.15) is 0 Å². The third-order valence-electron chi connectivity index (χ3n) is 3.68. The van der Waals surface area contributed by atoms with Crippen molar-refractivity contribution in [3.8, 4) is 5.75 Å². The molecule has 1 atom stereocenters. The van der Waals surface area contributed by atoms with Gasteiger partial charge in [0.25, 0.3) is 0 Å². The van der Waals surface area contributed by atoms with Crippen LogP contribution in [0.3, 0.4) is 0 Å². The van der Waals surface area contributed by atoms with Crippen LogP contribution in [-0.2, 0) is 9.59 Å². The summed E-state index contributed by atoms with van der Waals surface area (Å²) in [7, 11) is 0. The molecule has 0 radical (unpaired) electrons. The van der Waals surface area contributed by atoms with Gasteiger partial charge in [-0.25, -0.2) is 0 Å². The number of likely N-dealkylation sites (tertiary alicyclic amines) is 1. The molecule has 1 fully saturated rings. The number of nitrogens with one attached hydrogen (secondary N) is 1. The van der Waals surface area contributed by atoms with Crippen molar-refractivity contribution >= 4 is 17.5 Å². The molecule has 0 aliphatic carbocycles. The predicted octanol–water partition coefficient (Wildman–Crippen LogP) is 1.36. The molecule has 1 aromatic rings. The van der Waals surface area contributed by atoms with Crippen molar-refractivity contribution in [1.29, 1.82) is 0 Å². The van der Waals surface area contributed by atoms with Gasteiger partial charge in [0.2, 0.25) is 11.8 Å². The Bertz CT molecular complexity index is 516. The van der Waals surface area contributed by atoms with Crippen LogP contribution in [0.2, 0.25) is 0 Å². The molecule has 1 aliphatic heterocycles. The van der Waals surface area contributed by atoms with Crippen molar-refractivity contribution in [1.82, 2.24) is 4.90 Å². The first-order valence-corrected chi connectivity index (χ1v) is 7.69. The molecule has 0 spiro atoms.